The maximum Gasteiger partial charge on any atom is 0.306 e. The number of rotatable bonds is 49. The highest BCUT2D eigenvalue weighted by molar-refractivity contribution is 5.71. The van der Waals surface area contributed by atoms with Gasteiger partial charge in [0, 0.05) is 19.3 Å². The molecule has 0 aromatic carbocycles. The third-order valence-corrected chi connectivity index (χ3v) is 11.8. The summed E-state index contributed by atoms with van der Waals surface area (Å²) in [7, 11) is 0. The average molecular weight is 895 g/mol. The van der Waals surface area contributed by atoms with Crippen LogP contribution in [0.3, 0.4) is 0 Å². The molecule has 0 spiro atoms. The zero-order valence-corrected chi connectivity index (χ0v) is 42.3. The Kier molecular flexibility index (Phi) is 50.4. The molecule has 0 aromatic heterocycles. The molecule has 0 radical (unpaired) electrons. The van der Waals surface area contributed by atoms with Crippen LogP contribution in [0.4, 0.5) is 0 Å². The van der Waals surface area contributed by atoms with Crippen molar-refractivity contribution in [3.05, 3.63) is 60.8 Å². The molecular weight excluding hydrogens is 793 g/mol. The molecule has 0 amide bonds. The van der Waals surface area contributed by atoms with Crippen LogP contribution in [0.25, 0.3) is 0 Å². The molecule has 6 nitrogen and oxygen atoms in total. The van der Waals surface area contributed by atoms with Crippen LogP contribution < -0.4 is 0 Å². The Balaban J connectivity index is 4.40. The molecule has 0 fully saturated rings. The van der Waals surface area contributed by atoms with Gasteiger partial charge in [0.1, 0.15) is 13.2 Å². The molecule has 0 bridgehead atoms. The number of unbranched alkanes of at least 4 members (excludes halogenated alkanes) is 28. The number of esters is 3. The van der Waals surface area contributed by atoms with E-state index < -0.39 is 6.10 Å². The normalized spacial score (nSPS) is 12.5. The summed E-state index contributed by atoms with van der Waals surface area (Å²) in [6.45, 7) is 6.50. The van der Waals surface area contributed by atoms with E-state index in [1.54, 1.807) is 0 Å². The predicted octanol–water partition coefficient (Wildman–Crippen LogP) is 18.0. The van der Waals surface area contributed by atoms with Gasteiger partial charge in [-0.05, 0) is 83.5 Å². The number of hydrogen-bond donors (Lipinski definition) is 0. The van der Waals surface area contributed by atoms with Crippen LogP contribution in [0.1, 0.15) is 271 Å². The summed E-state index contributed by atoms with van der Waals surface area (Å²) in [6.07, 6.45) is 64.8. The zero-order chi connectivity index (χ0) is 46.5. The minimum atomic E-state index is -0.784. The molecule has 0 aliphatic heterocycles. The highest BCUT2D eigenvalue weighted by Gasteiger charge is 2.19. The molecule has 0 saturated carbocycles. The minimum Gasteiger partial charge on any atom is -0.462 e. The second-order valence-electron chi connectivity index (χ2n) is 18.1. The topological polar surface area (TPSA) is 78.9 Å². The highest BCUT2D eigenvalue weighted by atomic mass is 16.6. The maximum atomic E-state index is 12.8. The first-order chi connectivity index (χ1) is 31.5. The Bertz CT molecular complexity index is 1170. The monoisotopic (exact) mass is 895 g/mol. The van der Waals surface area contributed by atoms with Crippen LogP contribution in [0.15, 0.2) is 60.8 Å². The Hall–Kier alpha value is -2.89. The van der Waals surface area contributed by atoms with Gasteiger partial charge in [0.25, 0.3) is 0 Å². The fourth-order valence-corrected chi connectivity index (χ4v) is 7.66. The lowest BCUT2D eigenvalue weighted by molar-refractivity contribution is -0.167. The third kappa shape index (κ3) is 50.1. The Morgan fingerprint density at radius 1 is 0.328 bits per heavy atom. The van der Waals surface area contributed by atoms with Gasteiger partial charge >= 0.3 is 17.9 Å². The van der Waals surface area contributed by atoms with Gasteiger partial charge in [-0.25, -0.2) is 0 Å². The van der Waals surface area contributed by atoms with Gasteiger partial charge in [-0.3, -0.25) is 14.4 Å². The van der Waals surface area contributed by atoms with Crippen LogP contribution in [-0.2, 0) is 28.6 Å². The van der Waals surface area contributed by atoms with E-state index in [-0.39, 0.29) is 31.1 Å². The maximum absolute atomic E-state index is 12.8. The van der Waals surface area contributed by atoms with Gasteiger partial charge in [-0.2, -0.15) is 0 Å². The minimum absolute atomic E-state index is 0.0817. The van der Waals surface area contributed by atoms with E-state index in [0.29, 0.717) is 19.3 Å². The summed E-state index contributed by atoms with van der Waals surface area (Å²) in [4.78, 5) is 38.1. The largest absolute Gasteiger partial charge is 0.462 e. The lowest BCUT2D eigenvalue weighted by Gasteiger charge is -2.18. The molecule has 0 aromatic rings. The van der Waals surface area contributed by atoms with E-state index in [4.69, 9.17) is 14.2 Å². The SMILES string of the molecule is CC/C=C\C/C=C\C/C=C\CCCCCCCC(=O)O[C@@H](COC(=O)CCCCCCCCC/C=C\C/C=C\CCCCC)COC(=O)CCCCCCCCCCCCCCCC. The Labute approximate surface area is 396 Å². The van der Waals surface area contributed by atoms with Crippen molar-refractivity contribution in [3.8, 4) is 0 Å². The van der Waals surface area contributed by atoms with Crippen molar-refractivity contribution in [2.24, 2.45) is 0 Å². The zero-order valence-electron chi connectivity index (χ0n) is 42.3. The first-order valence-electron chi connectivity index (χ1n) is 27.3. The van der Waals surface area contributed by atoms with Crippen molar-refractivity contribution in [3.63, 3.8) is 0 Å². The van der Waals surface area contributed by atoms with Gasteiger partial charge in [0.15, 0.2) is 6.10 Å². The van der Waals surface area contributed by atoms with E-state index in [0.717, 1.165) is 109 Å². The quantitative estimate of drug-likeness (QED) is 0.0262. The Morgan fingerprint density at radius 3 is 0.984 bits per heavy atom. The molecule has 0 heterocycles. The molecule has 6 heteroatoms. The number of allylic oxidation sites excluding steroid dienone is 10. The van der Waals surface area contributed by atoms with Gasteiger partial charge in [0.2, 0.25) is 0 Å². The summed E-state index contributed by atoms with van der Waals surface area (Å²) in [5.74, 6) is -0.898. The van der Waals surface area contributed by atoms with Crippen LogP contribution in [-0.4, -0.2) is 37.2 Å². The first-order valence-corrected chi connectivity index (χ1v) is 27.3. The van der Waals surface area contributed by atoms with E-state index in [9.17, 15) is 14.4 Å². The van der Waals surface area contributed by atoms with E-state index in [1.165, 1.54) is 122 Å². The average Bonchev–Trinajstić information content (AvgIpc) is 3.29. The summed E-state index contributed by atoms with van der Waals surface area (Å²) in [6, 6.07) is 0. The van der Waals surface area contributed by atoms with E-state index >= 15 is 0 Å². The molecule has 0 rings (SSSR count). The fourth-order valence-electron chi connectivity index (χ4n) is 7.66. The molecule has 0 N–H and O–H groups in total. The fraction of sp³-hybridized carbons (Fsp3) is 0.776. The van der Waals surface area contributed by atoms with Crippen molar-refractivity contribution in [1.82, 2.24) is 0 Å². The van der Waals surface area contributed by atoms with Gasteiger partial charge in [-0.1, -0.05) is 229 Å². The second-order valence-corrected chi connectivity index (χ2v) is 18.1. The lowest BCUT2D eigenvalue weighted by atomic mass is 10.0. The molecule has 0 unspecified atom stereocenters. The molecule has 0 aliphatic rings. The number of carbonyl (C=O) groups excluding carboxylic acids is 3. The lowest BCUT2D eigenvalue weighted by Crippen LogP contribution is -2.30. The summed E-state index contributed by atoms with van der Waals surface area (Å²) in [5, 5.41) is 0. The van der Waals surface area contributed by atoms with Gasteiger partial charge in [-0.15, -0.1) is 0 Å². The van der Waals surface area contributed by atoms with Crippen LogP contribution >= 0.6 is 0 Å². The van der Waals surface area contributed by atoms with Crippen LogP contribution in [0, 0.1) is 0 Å². The first kappa shape index (κ1) is 61.1. The molecular formula is C58H102O6. The van der Waals surface area contributed by atoms with Gasteiger partial charge in [0.05, 0.1) is 0 Å². The molecule has 0 saturated heterocycles. The number of hydrogen-bond acceptors (Lipinski definition) is 6. The van der Waals surface area contributed by atoms with Crippen molar-refractivity contribution < 1.29 is 28.6 Å². The van der Waals surface area contributed by atoms with Crippen molar-refractivity contribution in [2.45, 2.75) is 277 Å². The van der Waals surface area contributed by atoms with Crippen molar-refractivity contribution in [2.75, 3.05) is 13.2 Å². The molecule has 370 valence electrons. The number of carbonyl (C=O) groups is 3. The van der Waals surface area contributed by atoms with E-state index in [2.05, 4.69) is 81.5 Å². The van der Waals surface area contributed by atoms with E-state index in [1.807, 2.05) is 0 Å². The summed E-state index contributed by atoms with van der Waals surface area (Å²) >= 11 is 0. The van der Waals surface area contributed by atoms with Crippen molar-refractivity contribution >= 4 is 17.9 Å². The molecule has 1 atom stereocenters. The standard InChI is InChI=1S/C58H102O6/c1-4-7-10-13-16-19-22-25-28-29-31-33-36-39-42-45-48-51-57(60)63-54-55(53-62-56(59)50-47-44-41-38-35-32-27-24-21-18-15-12-9-6-3)64-58(61)52-49-46-43-40-37-34-30-26-23-20-17-14-11-8-5-2/h8,11,16-17,19-20,25-26,28,30,55H,4-7,9-10,12-15,18,21-24,27,29,31-54H2,1-3H3/b11-8-,19-16-,20-17-,28-25-,30-26-/t55-/m1/s1. The van der Waals surface area contributed by atoms with Crippen LogP contribution in [0.2, 0.25) is 0 Å². The van der Waals surface area contributed by atoms with Gasteiger partial charge < -0.3 is 14.2 Å². The summed E-state index contributed by atoms with van der Waals surface area (Å²) in [5.41, 5.74) is 0. The highest BCUT2D eigenvalue weighted by Crippen LogP contribution is 2.15. The van der Waals surface area contributed by atoms with Crippen molar-refractivity contribution in [1.29, 1.82) is 0 Å². The molecule has 0 aliphatic carbocycles. The smallest absolute Gasteiger partial charge is 0.306 e. The Morgan fingerprint density at radius 2 is 0.609 bits per heavy atom. The number of ether oxygens (including phenoxy) is 3. The predicted molar refractivity (Wildman–Crippen MR) is 275 cm³/mol. The third-order valence-electron chi connectivity index (χ3n) is 11.8. The second kappa shape index (κ2) is 52.7. The van der Waals surface area contributed by atoms with Crippen LogP contribution in [0.5, 0.6) is 0 Å². The molecule has 64 heavy (non-hydrogen) atoms. The summed E-state index contributed by atoms with van der Waals surface area (Å²) < 4.78 is 16.8.